The van der Waals surface area contributed by atoms with Crippen LogP contribution in [0, 0.1) is 5.82 Å². The minimum Gasteiger partial charge on any atom is -0.457 e. The van der Waals surface area contributed by atoms with Crippen LogP contribution in [-0.4, -0.2) is 14.2 Å². The number of ether oxygens (including phenoxy) is 1. The van der Waals surface area contributed by atoms with Gasteiger partial charge in [0.15, 0.2) is 0 Å². The van der Waals surface area contributed by atoms with E-state index in [1.165, 1.54) is 12.1 Å². The van der Waals surface area contributed by atoms with E-state index in [0.29, 0.717) is 18.4 Å². The topological polar surface area (TPSA) is 69.4 Å². The van der Waals surface area contributed by atoms with Gasteiger partial charge in [0.05, 0.1) is 4.90 Å². The van der Waals surface area contributed by atoms with Crippen molar-refractivity contribution in [2.45, 2.75) is 29.5 Å². The van der Waals surface area contributed by atoms with Gasteiger partial charge in [-0.1, -0.05) is 11.6 Å². The Balaban J connectivity index is 2.09. The molecular formula is C16H13ClF3NO3S. The Morgan fingerprint density at radius 1 is 1.24 bits per heavy atom. The van der Waals surface area contributed by atoms with Crippen LogP contribution in [0.15, 0.2) is 35.2 Å². The van der Waals surface area contributed by atoms with Crippen LogP contribution < -0.4 is 10.5 Å². The lowest BCUT2D eigenvalue weighted by molar-refractivity contribution is 0.234. The molecule has 2 aromatic carbocycles. The van der Waals surface area contributed by atoms with Crippen LogP contribution in [0.2, 0.25) is 5.02 Å². The maximum atomic E-state index is 13.4. The van der Waals surface area contributed by atoms with Crippen molar-refractivity contribution >= 4 is 21.4 Å². The van der Waals surface area contributed by atoms with E-state index in [0.717, 1.165) is 18.2 Å². The molecule has 0 saturated carbocycles. The summed E-state index contributed by atoms with van der Waals surface area (Å²) in [6.45, 7) is 0. The first kappa shape index (κ1) is 18.0. The van der Waals surface area contributed by atoms with Gasteiger partial charge in [0.2, 0.25) is 9.84 Å². The Morgan fingerprint density at radius 2 is 1.96 bits per heavy atom. The second-order valence-corrected chi connectivity index (χ2v) is 7.93. The average molecular weight is 392 g/mol. The summed E-state index contributed by atoms with van der Waals surface area (Å²) in [6, 6.07) is 5.21. The van der Waals surface area contributed by atoms with Crippen molar-refractivity contribution in [1.29, 1.82) is 0 Å². The van der Waals surface area contributed by atoms with Crippen molar-refractivity contribution < 1.29 is 26.3 Å². The standard InChI is InChI=1S/C16H13ClF3NO3S/c17-8-5-9(18)7-10(6-8)24-13-3-4-14(25(22,23)16(19)20)15-11(13)1-2-12(15)21/h3-7,12,16H,1-2,21H2. The molecule has 0 amide bonds. The van der Waals surface area contributed by atoms with Crippen LogP contribution in [0.4, 0.5) is 13.2 Å². The summed E-state index contributed by atoms with van der Waals surface area (Å²) in [6.07, 6.45) is 0.757. The van der Waals surface area contributed by atoms with Gasteiger partial charge in [-0.25, -0.2) is 12.8 Å². The fourth-order valence-corrected chi connectivity index (χ4v) is 4.13. The highest BCUT2D eigenvalue weighted by Gasteiger charge is 2.35. The third-order valence-electron chi connectivity index (χ3n) is 3.96. The molecule has 1 aliphatic rings. The van der Waals surface area contributed by atoms with Crippen molar-refractivity contribution in [3.8, 4) is 11.5 Å². The molecule has 1 atom stereocenters. The molecule has 1 aliphatic carbocycles. The molecule has 1 unspecified atom stereocenters. The lowest BCUT2D eigenvalue weighted by atomic mass is 10.1. The summed E-state index contributed by atoms with van der Waals surface area (Å²) in [5.74, 6) is -3.80. The normalized spacial score (nSPS) is 17.0. The van der Waals surface area contributed by atoms with Crippen molar-refractivity contribution in [3.63, 3.8) is 0 Å². The number of hydrogen-bond acceptors (Lipinski definition) is 4. The van der Waals surface area contributed by atoms with Crippen LogP contribution in [0.25, 0.3) is 0 Å². The lowest BCUT2D eigenvalue weighted by Crippen LogP contribution is -2.17. The second kappa shape index (κ2) is 6.51. The first-order chi connectivity index (χ1) is 11.7. The summed E-state index contributed by atoms with van der Waals surface area (Å²) < 4.78 is 68.6. The van der Waals surface area contributed by atoms with Crippen LogP contribution in [0.5, 0.6) is 11.5 Å². The molecule has 3 rings (SSSR count). The first-order valence-corrected chi connectivity index (χ1v) is 9.20. The Bertz CT molecular complexity index is 914. The summed E-state index contributed by atoms with van der Waals surface area (Å²) >= 11 is 5.77. The Morgan fingerprint density at radius 3 is 2.60 bits per heavy atom. The fraction of sp³-hybridized carbons (Fsp3) is 0.250. The molecule has 4 nitrogen and oxygen atoms in total. The Labute approximate surface area is 147 Å². The molecule has 0 fully saturated rings. The number of alkyl halides is 2. The van der Waals surface area contributed by atoms with E-state index < -0.39 is 32.3 Å². The van der Waals surface area contributed by atoms with Gasteiger partial charge in [-0.05, 0) is 42.7 Å². The average Bonchev–Trinajstić information content (AvgIpc) is 2.89. The van der Waals surface area contributed by atoms with Gasteiger partial charge in [-0.2, -0.15) is 8.78 Å². The zero-order valence-corrected chi connectivity index (χ0v) is 14.3. The van der Waals surface area contributed by atoms with E-state index in [-0.39, 0.29) is 22.1 Å². The minimum atomic E-state index is -4.79. The number of benzene rings is 2. The second-order valence-electron chi connectivity index (χ2n) is 5.61. The summed E-state index contributed by atoms with van der Waals surface area (Å²) in [7, 11) is -4.79. The minimum absolute atomic E-state index is 0.108. The summed E-state index contributed by atoms with van der Waals surface area (Å²) in [5, 5.41) is 0.125. The molecule has 0 spiro atoms. The van der Waals surface area contributed by atoms with Gasteiger partial charge in [0, 0.05) is 22.7 Å². The Hall–Kier alpha value is -1.77. The maximum absolute atomic E-state index is 13.4. The van der Waals surface area contributed by atoms with Crippen molar-refractivity contribution in [2.75, 3.05) is 0 Å². The number of fused-ring (bicyclic) bond motifs is 1. The van der Waals surface area contributed by atoms with E-state index in [1.807, 2.05) is 0 Å². The molecule has 9 heteroatoms. The predicted molar refractivity (Wildman–Crippen MR) is 86.4 cm³/mol. The molecule has 0 aromatic heterocycles. The molecule has 0 radical (unpaired) electrons. The summed E-state index contributed by atoms with van der Waals surface area (Å²) in [4.78, 5) is -0.493. The van der Waals surface area contributed by atoms with Crippen molar-refractivity contribution in [1.82, 2.24) is 0 Å². The van der Waals surface area contributed by atoms with E-state index in [1.54, 1.807) is 0 Å². The largest absolute Gasteiger partial charge is 0.457 e. The quantitative estimate of drug-likeness (QED) is 0.847. The smallest absolute Gasteiger partial charge is 0.341 e. The molecule has 2 aromatic rings. The number of hydrogen-bond donors (Lipinski definition) is 1. The van der Waals surface area contributed by atoms with Crippen LogP contribution >= 0.6 is 11.6 Å². The lowest BCUT2D eigenvalue weighted by Gasteiger charge is -2.16. The van der Waals surface area contributed by atoms with Gasteiger partial charge in [-0.15, -0.1) is 0 Å². The van der Waals surface area contributed by atoms with Gasteiger partial charge in [0.1, 0.15) is 17.3 Å². The van der Waals surface area contributed by atoms with Gasteiger partial charge in [-0.3, -0.25) is 0 Å². The molecule has 0 aliphatic heterocycles. The van der Waals surface area contributed by atoms with Gasteiger partial charge < -0.3 is 10.5 Å². The summed E-state index contributed by atoms with van der Waals surface area (Å²) in [5.41, 5.74) is 6.46. The van der Waals surface area contributed by atoms with E-state index in [4.69, 9.17) is 22.1 Å². The van der Waals surface area contributed by atoms with E-state index in [2.05, 4.69) is 0 Å². The monoisotopic (exact) mass is 391 g/mol. The Kier molecular flexibility index (Phi) is 4.70. The molecule has 134 valence electrons. The number of rotatable bonds is 4. The molecular weight excluding hydrogens is 379 g/mol. The van der Waals surface area contributed by atoms with E-state index >= 15 is 0 Å². The molecule has 2 N–H and O–H groups in total. The fourth-order valence-electron chi connectivity index (χ4n) is 2.89. The van der Waals surface area contributed by atoms with Gasteiger partial charge >= 0.3 is 5.76 Å². The highest BCUT2D eigenvalue weighted by Crippen LogP contribution is 2.42. The molecule has 0 heterocycles. The zero-order chi connectivity index (χ0) is 18.4. The van der Waals surface area contributed by atoms with Crippen LogP contribution in [0.3, 0.4) is 0 Å². The molecule has 0 bridgehead atoms. The van der Waals surface area contributed by atoms with Crippen LogP contribution in [0.1, 0.15) is 23.6 Å². The zero-order valence-electron chi connectivity index (χ0n) is 12.7. The SMILES string of the molecule is NC1CCc2c(Oc3cc(F)cc(Cl)c3)ccc(S(=O)(=O)C(F)F)c21. The van der Waals surface area contributed by atoms with Crippen molar-refractivity contribution in [2.24, 2.45) is 5.73 Å². The van der Waals surface area contributed by atoms with Gasteiger partial charge in [0.25, 0.3) is 0 Å². The molecule has 0 saturated heterocycles. The number of nitrogens with two attached hydrogens (primary N) is 1. The van der Waals surface area contributed by atoms with Crippen molar-refractivity contribution in [3.05, 3.63) is 52.3 Å². The molecule has 25 heavy (non-hydrogen) atoms. The highest BCUT2D eigenvalue weighted by molar-refractivity contribution is 7.91. The number of sulfone groups is 1. The van der Waals surface area contributed by atoms with E-state index in [9.17, 15) is 21.6 Å². The predicted octanol–water partition coefficient (Wildman–Crippen LogP) is 4.21. The maximum Gasteiger partial charge on any atom is 0.341 e. The third-order valence-corrected chi connectivity index (χ3v) is 5.61. The third kappa shape index (κ3) is 3.33. The number of halogens is 4. The first-order valence-electron chi connectivity index (χ1n) is 7.27. The van der Waals surface area contributed by atoms with Crippen LogP contribution in [-0.2, 0) is 16.3 Å². The highest BCUT2D eigenvalue weighted by atomic mass is 35.5.